The number of benzene rings is 1. The van der Waals surface area contributed by atoms with Gasteiger partial charge in [0.05, 0.1) is 0 Å². The summed E-state index contributed by atoms with van der Waals surface area (Å²) in [5.74, 6) is -0.675. The molecule has 4 amide bonds. The van der Waals surface area contributed by atoms with Gasteiger partial charge in [-0.15, -0.1) is 0 Å². The monoisotopic (exact) mass is 303 g/mol. The van der Waals surface area contributed by atoms with Gasteiger partial charge in [0.1, 0.15) is 12.6 Å². The van der Waals surface area contributed by atoms with Crippen LogP contribution in [0, 0.1) is 0 Å². The molecule has 1 aliphatic heterocycles. The minimum Gasteiger partial charge on any atom is -0.352 e. The highest BCUT2D eigenvalue weighted by atomic mass is 16.2. The average molecular weight is 303 g/mol. The normalized spacial score (nSPS) is 19.0. The van der Waals surface area contributed by atoms with E-state index in [0.717, 1.165) is 16.9 Å². The summed E-state index contributed by atoms with van der Waals surface area (Å²) in [7, 11) is 0. The molecule has 1 aromatic carbocycles. The van der Waals surface area contributed by atoms with Gasteiger partial charge < -0.3 is 10.6 Å². The Morgan fingerprint density at radius 2 is 2.00 bits per heavy atom. The maximum atomic E-state index is 12.3. The van der Waals surface area contributed by atoms with Gasteiger partial charge in [0, 0.05) is 12.5 Å². The Balaban J connectivity index is 1.95. The molecule has 1 heterocycles. The molecule has 0 bridgehead atoms. The molecule has 6 heteroatoms. The molecule has 0 saturated carbocycles. The third kappa shape index (κ3) is 3.84. The summed E-state index contributed by atoms with van der Waals surface area (Å²) in [6, 6.07) is 8.37. The summed E-state index contributed by atoms with van der Waals surface area (Å²) in [5, 5.41) is 5.38. The van der Waals surface area contributed by atoms with Crippen LogP contribution in [-0.4, -0.2) is 41.4 Å². The second kappa shape index (κ2) is 7.06. The van der Waals surface area contributed by atoms with Crippen LogP contribution in [0.25, 0.3) is 0 Å². The van der Waals surface area contributed by atoms with E-state index < -0.39 is 12.1 Å². The van der Waals surface area contributed by atoms with Gasteiger partial charge >= 0.3 is 6.03 Å². The molecule has 0 aromatic heterocycles. The molecule has 22 heavy (non-hydrogen) atoms. The standard InChI is InChI=1S/C16H21N3O3/c1-3-11(2)17-14(20)10-19-15(21)13(18-16(19)22)9-12-7-5-4-6-8-12/h4-8,11,13H,3,9-10H2,1-2H3,(H,17,20)(H,18,22). The van der Waals surface area contributed by atoms with Crippen molar-refractivity contribution in [2.45, 2.75) is 38.8 Å². The molecular formula is C16H21N3O3. The Kier molecular flexibility index (Phi) is 5.14. The minimum absolute atomic E-state index is 0.0217. The van der Waals surface area contributed by atoms with Crippen molar-refractivity contribution in [2.24, 2.45) is 0 Å². The first-order valence-corrected chi connectivity index (χ1v) is 7.46. The maximum Gasteiger partial charge on any atom is 0.325 e. The smallest absolute Gasteiger partial charge is 0.325 e. The van der Waals surface area contributed by atoms with Gasteiger partial charge in [-0.2, -0.15) is 0 Å². The first-order chi connectivity index (χ1) is 10.5. The van der Waals surface area contributed by atoms with Crippen LogP contribution >= 0.6 is 0 Å². The van der Waals surface area contributed by atoms with Gasteiger partial charge in [0.2, 0.25) is 5.91 Å². The molecule has 0 radical (unpaired) electrons. The molecule has 2 rings (SSSR count). The largest absolute Gasteiger partial charge is 0.352 e. The third-order valence-corrected chi connectivity index (χ3v) is 3.71. The zero-order valence-corrected chi connectivity index (χ0v) is 12.8. The van der Waals surface area contributed by atoms with Gasteiger partial charge in [0.25, 0.3) is 5.91 Å². The highest BCUT2D eigenvalue weighted by molar-refractivity contribution is 6.06. The number of hydrogen-bond acceptors (Lipinski definition) is 3. The second-order valence-electron chi connectivity index (χ2n) is 5.49. The summed E-state index contributed by atoms with van der Waals surface area (Å²) in [6.07, 6.45) is 1.22. The Morgan fingerprint density at radius 3 is 2.64 bits per heavy atom. The van der Waals surface area contributed by atoms with Crippen molar-refractivity contribution in [3.63, 3.8) is 0 Å². The SMILES string of the molecule is CCC(C)NC(=O)CN1C(=O)NC(Cc2ccccc2)C1=O. The molecule has 1 saturated heterocycles. The minimum atomic E-state index is -0.605. The number of imide groups is 1. The lowest BCUT2D eigenvalue weighted by Gasteiger charge is -2.15. The zero-order chi connectivity index (χ0) is 16.1. The zero-order valence-electron chi connectivity index (χ0n) is 12.8. The van der Waals surface area contributed by atoms with Crippen LogP contribution in [0.15, 0.2) is 30.3 Å². The van der Waals surface area contributed by atoms with Crippen LogP contribution in [0.3, 0.4) is 0 Å². The molecule has 1 aliphatic rings. The predicted molar refractivity (Wildman–Crippen MR) is 82.1 cm³/mol. The summed E-state index contributed by atoms with van der Waals surface area (Å²) in [6.45, 7) is 3.59. The fourth-order valence-electron chi connectivity index (χ4n) is 2.28. The fourth-order valence-corrected chi connectivity index (χ4v) is 2.28. The van der Waals surface area contributed by atoms with Crippen LogP contribution in [0.2, 0.25) is 0 Å². The number of nitrogens with one attached hydrogen (secondary N) is 2. The summed E-state index contributed by atoms with van der Waals surface area (Å²) in [5.41, 5.74) is 0.965. The van der Waals surface area contributed by atoms with E-state index >= 15 is 0 Å². The van der Waals surface area contributed by atoms with E-state index in [-0.39, 0.29) is 24.4 Å². The molecule has 0 aliphatic carbocycles. The third-order valence-electron chi connectivity index (χ3n) is 3.71. The summed E-state index contributed by atoms with van der Waals surface area (Å²) < 4.78 is 0. The van der Waals surface area contributed by atoms with Gasteiger partial charge in [-0.1, -0.05) is 37.3 Å². The summed E-state index contributed by atoms with van der Waals surface area (Å²) >= 11 is 0. The number of rotatable bonds is 6. The van der Waals surface area contributed by atoms with E-state index in [1.807, 2.05) is 44.2 Å². The Morgan fingerprint density at radius 1 is 1.32 bits per heavy atom. The number of hydrogen-bond donors (Lipinski definition) is 2. The summed E-state index contributed by atoms with van der Waals surface area (Å²) in [4.78, 5) is 37.0. The quantitative estimate of drug-likeness (QED) is 0.771. The molecule has 0 spiro atoms. The molecule has 2 N–H and O–H groups in total. The van der Waals surface area contributed by atoms with Crippen LogP contribution in [0.5, 0.6) is 0 Å². The highest BCUT2D eigenvalue weighted by Crippen LogP contribution is 2.12. The van der Waals surface area contributed by atoms with E-state index in [9.17, 15) is 14.4 Å². The van der Waals surface area contributed by atoms with Crippen LogP contribution in [0.1, 0.15) is 25.8 Å². The van der Waals surface area contributed by atoms with Crippen molar-refractivity contribution in [3.8, 4) is 0 Å². The number of amides is 4. The molecule has 6 nitrogen and oxygen atoms in total. The molecule has 2 unspecified atom stereocenters. The van der Waals surface area contributed by atoms with Crippen molar-refractivity contribution in [2.75, 3.05) is 6.54 Å². The number of carbonyl (C=O) groups is 3. The Hall–Kier alpha value is -2.37. The lowest BCUT2D eigenvalue weighted by Crippen LogP contribution is -2.43. The van der Waals surface area contributed by atoms with Crippen molar-refractivity contribution < 1.29 is 14.4 Å². The van der Waals surface area contributed by atoms with Crippen molar-refractivity contribution in [3.05, 3.63) is 35.9 Å². The van der Waals surface area contributed by atoms with Crippen LogP contribution < -0.4 is 10.6 Å². The topological polar surface area (TPSA) is 78.5 Å². The Labute approximate surface area is 129 Å². The molecule has 1 aromatic rings. The maximum absolute atomic E-state index is 12.3. The van der Waals surface area contributed by atoms with E-state index in [4.69, 9.17) is 0 Å². The fraction of sp³-hybridized carbons (Fsp3) is 0.438. The molecule has 118 valence electrons. The predicted octanol–water partition coefficient (Wildman–Crippen LogP) is 1.06. The van der Waals surface area contributed by atoms with Gasteiger partial charge in [-0.05, 0) is 18.9 Å². The van der Waals surface area contributed by atoms with Crippen LogP contribution in [0.4, 0.5) is 4.79 Å². The molecule has 1 fully saturated rings. The number of urea groups is 1. The van der Waals surface area contributed by atoms with E-state index in [1.165, 1.54) is 0 Å². The van der Waals surface area contributed by atoms with Crippen molar-refractivity contribution in [1.29, 1.82) is 0 Å². The van der Waals surface area contributed by atoms with E-state index in [2.05, 4.69) is 10.6 Å². The van der Waals surface area contributed by atoms with Gasteiger partial charge in [0.15, 0.2) is 0 Å². The first-order valence-electron chi connectivity index (χ1n) is 7.46. The van der Waals surface area contributed by atoms with Crippen LogP contribution in [-0.2, 0) is 16.0 Å². The van der Waals surface area contributed by atoms with Gasteiger partial charge in [-0.3, -0.25) is 14.5 Å². The lowest BCUT2D eigenvalue weighted by molar-refractivity contribution is -0.132. The van der Waals surface area contributed by atoms with Gasteiger partial charge in [-0.25, -0.2) is 4.79 Å². The number of nitrogens with zero attached hydrogens (tertiary/aromatic N) is 1. The average Bonchev–Trinajstić information content (AvgIpc) is 2.75. The second-order valence-corrected chi connectivity index (χ2v) is 5.49. The van der Waals surface area contributed by atoms with Crippen molar-refractivity contribution in [1.82, 2.24) is 15.5 Å². The highest BCUT2D eigenvalue weighted by Gasteiger charge is 2.38. The van der Waals surface area contributed by atoms with E-state index in [1.54, 1.807) is 0 Å². The van der Waals surface area contributed by atoms with E-state index in [0.29, 0.717) is 6.42 Å². The Bertz CT molecular complexity index is 559. The van der Waals surface area contributed by atoms with Crippen molar-refractivity contribution >= 4 is 17.8 Å². The lowest BCUT2D eigenvalue weighted by atomic mass is 10.1. The molecular weight excluding hydrogens is 282 g/mol. The molecule has 2 atom stereocenters. The first kappa shape index (κ1) is 16.0. The number of carbonyl (C=O) groups excluding carboxylic acids is 3.